The molecule has 0 aliphatic heterocycles. The zero-order valence-electron chi connectivity index (χ0n) is 11.1. The standard InChI is InChI=1S/C13H19N3O2.ClH/c1-3-15-9(2)8-16-13(18)11-6-4-5-10(7-11)12(14)17;/h4-7,9,15H,3,8H2,1-2H3,(H2,14,17)(H,16,18);1H/t9-;/m1./s1. The Balaban J connectivity index is 0.00000324. The number of hydrogen-bond donors (Lipinski definition) is 3. The SMILES string of the molecule is CCN[C@H](C)CNC(=O)c1cccc(C(N)=O)c1.Cl. The molecule has 6 heteroatoms. The number of nitrogens with two attached hydrogens (primary N) is 1. The number of benzene rings is 1. The van der Waals surface area contributed by atoms with Crippen molar-refractivity contribution in [2.75, 3.05) is 13.1 Å². The number of carbonyl (C=O) groups excluding carboxylic acids is 2. The minimum absolute atomic E-state index is 0. The molecular formula is C13H20ClN3O2. The van der Waals surface area contributed by atoms with Crippen LogP contribution in [0.15, 0.2) is 24.3 Å². The summed E-state index contributed by atoms with van der Waals surface area (Å²) in [7, 11) is 0. The largest absolute Gasteiger partial charge is 0.366 e. The summed E-state index contributed by atoms with van der Waals surface area (Å²) >= 11 is 0. The first kappa shape index (κ1) is 17.4. The van der Waals surface area contributed by atoms with Gasteiger partial charge in [0.05, 0.1) is 0 Å². The van der Waals surface area contributed by atoms with Gasteiger partial charge in [-0.05, 0) is 31.7 Å². The van der Waals surface area contributed by atoms with Crippen molar-refractivity contribution in [1.29, 1.82) is 0 Å². The number of hydrogen-bond acceptors (Lipinski definition) is 3. The van der Waals surface area contributed by atoms with Crippen molar-refractivity contribution >= 4 is 24.2 Å². The maximum atomic E-state index is 11.8. The second-order valence-electron chi connectivity index (χ2n) is 4.11. The Kier molecular flexibility index (Phi) is 7.79. The van der Waals surface area contributed by atoms with E-state index in [1.807, 2.05) is 13.8 Å². The molecule has 0 aliphatic carbocycles. The van der Waals surface area contributed by atoms with Crippen LogP contribution in [0.5, 0.6) is 0 Å². The monoisotopic (exact) mass is 285 g/mol. The fourth-order valence-electron chi connectivity index (χ4n) is 1.58. The highest BCUT2D eigenvalue weighted by Crippen LogP contribution is 2.04. The van der Waals surface area contributed by atoms with E-state index in [9.17, 15) is 9.59 Å². The van der Waals surface area contributed by atoms with Crippen molar-refractivity contribution in [3.05, 3.63) is 35.4 Å². The molecule has 2 amide bonds. The lowest BCUT2D eigenvalue weighted by atomic mass is 10.1. The van der Waals surface area contributed by atoms with E-state index in [4.69, 9.17) is 5.73 Å². The Hall–Kier alpha value is -1.59. The normalized spacial score (nSPS) is 11.3. The van der Waals surface area contributed by atoms with Gasteiger partial charge in [-0.3, -0.25) is 9.59 Å². The van der Waals surface area contributed by atoms with Crippen molar-refractivity contribution in [3.8, 4) is 0 Å². The van der Waals surface area contributed by atoms with Gasteiger partial charge in [-0.2, -0.15) is 0 Å². The highest BCUT2D eigenvalue weighted by atomic mass is 35.5. The summed E-state index contributed by atoms with van der Waals surface area (Å²) in [5, 5.41) is 5.99. The van der Waals surface area contributed by atoms with Crippen LogP contribution in [0, 0.1) is 0 Å². The molecule has 0 saturated heterocycles. The highest BCUT2D eigenvalue weighted by molar-refractivity contribution is 5.99. The Labute approximate surface area is 119 Å². The number of carbonyl (C=O) groups is 2. The van der Waals surface area contributed by atoms with Crippen molar-refractivity contribution in [1.82, 2.24) is 10.6 Å². The maximum Gasteiger partial charge on any atom is 0.251 e. The zero-order chi connectivity index (χ0) is 13.5. The molecule has 106 valence electrons. The van der Waals surface area contributed by atoms with Gasteiger partial charge < -0.3 is 16.4 Å². The van der Waals surface area contributed by atoms with Crippen molar-refractivity contribution in [2.24, 2.45) is 5.73 Å². The molecule has 1 rings (SSSR count). The predicted molar refractivity (Wildman–Crippen MR) is 77.7 cm³/mol. The average Bonchev–Trinajstić information content (AvgIpc) is 2.36. The van der Waals surface area contributed by atoms with Gasteiger partial charge in [-0.25, -0.2) is 0 Å². The van der Waals surface area contributed by atoms with E-state index in [1.165, 1.54) is 6.07 Å². The molecule has 0 radical (unpaired) electrons. The van der Waals surface area contributed by atoms with Gasteiger partial charge in [0.1, 0.15) is 0 Å². The highest BCUT2D eigenvalue weighted by Gasteiger charge is 2.09. The molecule has 19 heavy (non-hydrogen) atoms. The van der Waals surface area contributed by atoms with Gasteiger partial charge in [-0.1, -0.05) is 13.0 Å². The van der Waals surface area contributed by atoms with Crippen LogP contribution in [-0.4, -0.2) is 30.9 Å². The second-order valence-corrected chi connectivity index (χ2v) is 4.11. The van der Waals surface area contributed by atoms with Crippen LogP contribution >= 0.6 is 12.4 Å². The minimum atomic E-state index is -0.536. The fraction of sp³-hybridized carbons (Fsp3) is 0.385. The van der Waals surface area contributed by atoms with Gasteiger partial charge in [0, 0.05) is 23.7 Å². The summed E-state index contributed by atoms with van der Waals surface area (Å²) in [6, 6.07) is 6.58. The van der Waals surface area contributed by atoms with Gasteiger partial charge in [0.15, 0.2) is 0 Å². The molecule has 4 N–H and O–H groups in total. The lowest BCUT2D eigenvalue weighted by Gasteiger charge is -2.13. The van der Waals surface area contributed by atoms with Crippen molar-refractivity contribution in [3.63, 3.8) is 0 Å². The number of rotatable bonds is 6. The van der Waals surface area contributed by atoms with Crippen LogP contribution in [0.2, 0.25) is 0 Å². The van der Waals surface area contributed by atoms with E-state index in [1.54, 1.807) is 18.2 Å². The molecule has 0 fully saturated rings. The van der Waals surface area contributed by atoms with E-state index in [2.05, 4.69) is 10.6 Å². The van der Waals surface area contributed by atoms with Crippen LogP contribution in [0.4, 0.5) is 0 Å². The number of primary amides is 1. The second kappa shape index (κ2) is 8.50. The summed E-state index contributed by atoms with van der Waals surface area (Å²) in [5.41, 5.74) is 5.94. The molecule has 0 spiro atoms. The van der Waals surface area contributed by atoms with Crippen LogP contribution in [0.3, 0.4) is 0 Å². The minimum Gasteiger partial charge on any atom is -0.366 e. The molecular weight excluding hydrogens is 266 g/mol. The third-order valence-corrected chi connectivity index (χ3v) is 2.53. The molecule has 5 nitrogen and oxygen atoms in total. The topological polar surface area (TPSA) is 84.2 Å². The fourth-order valence-corrected chi connectivity index (χ4v) is 1.58. The lowest BCUT2D eigenvalue weighted by molar-refractivity contribution is 0.0950. The summed E-state index contributed by atoms with van der Waals surface area (Å²) in [4.78, 5) is 22.8. The Morgan fingerprint density at radius 3 is 2.53 bits per heavy atom. The van der Waals surface area contributed by atoms with Crippen LogP contribution in [0.1, 0.15) is 34.6 Å². The predicted octanol–water partition coefficient (Wildman–Crippen LogP) is 0.935. The van der Waals surface area contributed by atoms with E-state index < -0.39 is 5.91 Å². The van der Waals surface area contributed by atoms with E-state index in [0.29, 0.717) is 17.7 Å². The molecule has 0 aromatic heterocycles. The van der Waals surface area contributed by atoms with Crippen molar-refractivity contribution < 1.29 is 9.59 Å². The molecule has 0 unspecified atom stereocenters. The molecule has 0 bridgehead atoms. The molecule has 1 aromatic carbocycles. The maximum absolute atomic E-state index is 11.8. The van der Waals surface area contributed by atoms with Gasteiger partial charge in [-0.15, -0.1) is 12.4 Å². The van der Waals surface area contributed by atoms with Gasteiger partial charge in [0.2, 0.25) is 5.91 Å². The molecule has 0 saturated carbocycles. The molecule has 1 aromatic rings. The summed E-state index contributed by atoms with van der Waals surface area (Å²) in [6.07, 6.45) is 0. The summed E-state index contributed by atoms with van der Waals surface area (Å²) in [6.45, 7) is 5.39. The molecule has 0 aliphatic rings. The van der Waals surface area contributed by atoms with E-state index in [0.717, 1.165) is 6.54 Å². The molecule has 1 atom stereocenters. The third-order valence-electron chi connectivity index (χ3n) is 2.53. The summed E-state index contributed by atoms with van der Waals surface area (Å²) in [5.74, 6) is -0.742. The third kappa shape index (κ3) is 5.72. The first-order valence-electron chi connectivity index (χ1n) is 5.96. The summed E-state index contributed by atoms with van der Waals surface area (Å²) < 4.78 is 0. The van der Waals surface area contributed by atoms with Crippen molar-refractivity contribution in [2.45, 2.75) is 19.9 Å². The van der Waals surface area contributed by atoms with Crippen LogP contribution in [-0.2, 0) is 0 Å². The number of nitrogens with one attached hydrogen (secondary N) is 2. The van der Waals surface area contributed by atoms with E-state index in [-0.39, 0.29) is 24.4 Å². The first-order valence-corrected chi connectivity index (χ1v) is 5.96. The smallest absolute Gasteiger partial charge is 0.251 e. The molecule has 0 heterocycles. The Morgan fingerprint density at radius 1 is 1.32 bits per heavy atom. The Bertz CT molecular complexity index is 438. The lowest BCUT2D eigenvalue weighted by Crippen LogP contribution is -2.38. The van der Waals surface area contributed by atoms with Crippen LogP contribution in [0.25, 0.3) is 0 Å². The quantitative estimate of drug-likeness (QED) is 0.727. The zero-order valence-corrected chi connectivity index (χ0v) is 11.9. The van der Waals surface area contributed by atoms with E-state index >= 15 is 0 Å². The Morgan fingerprint density at radius 2 is 1.95 bits per heavy atom. The number of likely N-dealkylation sites (N-methyl/N-ethyl adjacent to an activating group) is 1. The number of amides is 2. The van der Waals surface area contributed by atoms with Gasteiger partial charge >= 0.3 is 0 Å². The van der Waals surface area contributed by atoms with Crippen LogP contribution < -0.4 is 16.4 Å². The number of halogens is 1. The average molecular weight is 286 g/mol. The first-order chi connectivity index (χ1) is 8.54. The van der Waals surface area contributed by atoms with Gasteiger partial charge in [0.25, 0.3) is 5.91 Å².